The zero-order chi connectivity index (χ0) is 17.8. The fraction of sp³-hybridized carbons (Fsp3) is 0.105. The highest BCUT2D eigenvalue weighted by atomic mass is 35.5. The van der Waals surface area contributed by atoms with Crippen LogP contribution in [0.4, 0.5) is 0 Å². The fourth-order valence-corrected chi connectivity index (χ4v) is 2.86. The number of pyridine rings is 1. The maximum absolute atomic E-state index is 12.6. The van der Waals surface area contributed by atoms with Gasteiger partial charge in [-0.3, -0.25) is 14.6 Å². The van der Waals surface area contributed by atoms with Crippen LogP contribution in [0.25, 0.3) is 10.9 Å². The summed E-state index contributed by atoms with van der Waals surface area (Å²) >= 11 is 5.96. The Labute approximate surface area is 149 Å². The number of nitrogens with two attached hydrogens (primary N) is 1. The lowest BCUT2D eigenvalue weighted by Crippen LogP contribution is -2.45. The molecule has 25 heavy (non-hydrogen) atoms. The molecule has 126 valence electrons. The van der Waals surface area contributed by atoms with Crippen LogP contribution in [0.1, 0.15) is 15.9 Å². The van der Waals surface area contributed by atoms with Gasteiger partial charge in [0.05, 0.1) is 11.1 Å². The standard InChI is InChI=1S/C19H16ClN3O2/c20-14-7-1-4-12(10-14)11-16(18(21)24)23-19(25)15-8-2-5-13-6-3-9-22-17(13)15/h1-10,16H,11H2,(H2,21,24)(H,23,25)/t16-/m0/s1. The van der Waals surface area contributed by atoms with E-state index in [0.717, 1.165) is 10.9 Å². The molecule has 1 atom stereocenters. The second-order valence-electron chi connectivity index (χ2n) is 5.64. The van der Waals surface area contributed by atoms with Crippen LogP contribution in [0, 0.1) is 0 Å². The van der Waals surface area contributed by atoms with Crippen molar-refractivity contribution in [3.05, 3.63) is 76.9 Å². The third kappa shape index (κ3) is 3.95. The Morgan fingerprint density at radius 2 is 1.88 bits per heavy atom. The Kier molecular flexibility index (Phi) is 4.95. The fourth-order valence-electron chi connectivity index (χ4n) is 2.65. The van der Waals surface area contributed by atoms with Gasteiger partial charge in [0.25, 0.3) is 5.91 Å². The molecular formula is C19H16ClN3O2. The molecule has 3 aromatic rings. The van der Waals surface area contributed by atoms with Crippen LogP contribution in [-0.2, 0) is 11.2 Å². The first-order chi connectivity index (χ1) is 12.0. The smallest absolute Gasteiger partial charge is 0.254 e. The van der Waals surface area contributed by atoms with Gasteiger partial charge < -0.3 is 11.1 Å². The van der Waals surface area contributed by atoms with E-state index in [4.69, 9.17) is 17.3 Å². The van der Waals surface area contributed by atoms with Gasteiger partial charge in [-0.1, -0.05) is 41.9 Å². The second kappa shape index (κ2) is 7.32. The number of nitrogens with zero attached hydrogens (tertiary/aromatic N) is 1. The maximum Gasteiger partial charge on any atom is 0.254 e. The molecule has 0 aliphatic carbocycles. The molecule has 0 fully saturated rings. The molecule has 2 aromatic carbocycles. The van der Waals surface area contributed by atoms with E-state index >= 15 is 0 Å². The molecule has 1 heterocycles. The minimum Gasteiger partial charge on any atom is -0.368 e. The van der Waals surface area contributed by atoms with Crippen molar-refractivity contribution in [2.24, 2.45) is 5.73 Å². The normalized spacial score (nSPS) is 11.9. The molecular weight excluding hydrogens is 338 g/mol. The predicted octanol–water partition coefficient (Wildman–Crippen LogP) is 2.71. The van der Waals surface area contributed by atoms with Gasteiger partial charge >= 0.3 is 0 Å². The first-order valence-corrected chi connectivity index (χ1v) is 8.11. The molecule has 0 aliphatic rings. The second-order valence-corrected chi connectivity index (χ2v) is 6.08. The molecule has 2 amide bonds. The number of amides is 2. The summed E-state index contributed by atoms with van der Waals surface area (Å²) in [6.45, 7) is 0. The van der Waals surface area contributed by atoms with Crippen LogP contribution in [0.15, 0.2) is 60.8 Å². The van der Waals surface area contributed by atoms with Crippen molar-refractivity contribution in [2.75, 3.05) is 0 Å². The van der Waals surface area contributed by atoms with Gasteiger partial charge in [0.1, 0.15) is 6.04 Å². The SMILES string of the molecule is NC(=O)[C@H](Cc1cccc(Cl)c1)NC(=O)c1cccc2cccnc12. The van der Waals surface area contributed by atoms with Crippen LogP contribution >= 0.6 is 11.6 Å². The maximum atomic E-state index is 12.6. The van der Waals surface area contributed by atoms with Crippen LogP contribution in [0.3, 0.4) is 0 Å². The number of fused-ring (bicyclic) bond motifs is 1. The van der Waals surface area contributed by atoms with Gasteiger partial charge in [-0.05, 0) is 29.8 Å². The minimum atomic E-state index is -0.843. The first kappa shape index (κ1) is 16.9. The van der Waals surface area contributed by atoms with Gasteiger partial charge in [-0.15, -0.1) is 0 Å². The number of carbonyl (C=O) groups is 2. The first-order valence-electron chi connectivity index (χ1n) is 7.73. The highest BCUT2D eigenvalue weighted by Crippen LogP contribution is 2.17. The Morgan fingerprint density at radius 3 is 2.64 bits per heavy atom. The summed E-state index contributed by atoms with van der Waals surface area (Å²) in [7, 11) is 0. The van der Waals surface area contributed by atoms with Gasteiger partial charge in [0.15, 0.2) is 0 Å². The molecule has 3 rings (SSSR count). The van der Waals surface area contributed by atoms with E-state index in [1.807, 2.05) is 18.2 Å². The van der Waals surface area contributed by atoms with E-state index in [1.54, 1.807) is 42.6 Å². The van der Waals surface area contributed by atoms with Gasteiger partial charge in [0, 0.05) is 23.0 Å². The molecule has 0 bridgehead atoms. The van der Waals surface area contributed by atoms with Crippen molar-refractivity contribution in [3.63, 3.8) is 0 Å². The Balaban J connectivity index is 1.84. The zero-order valence-electron chi connectivity index (χ0n) is 13.3. The summed E-state index contributed by atoms with van der Waals surface area (Å²) in [4.78, 5) is 28.7. The van der Waals surface area contributed by atoms with Gasteiger partial charge in [-0.2, -0.15) is 0 Å². The lowest BCUT2D eigenvalue weighted by atomic mass is 10.0. The highest BCUT2D eigenvalue weighted by molar-refractivity contribution is 6.30. The van der Waals surface area contributed by atoms with Gasteiger partial charge in [0.2, 0.25) is 5.91 Å². The van der Waals surface area contributed by atoms with E-state index in [-0.39, 0.29) is 6.42 Å². The average molecular weight is 354 g/mol. The van der Waals surface area contributed by atoms with E-state index in [2.05, 4.69) is 10.3 Å². The number of primary amides is 1. The van der Waals surface area contributed by atoms with Crippen molar-refractivity contribution in [1.82, 2.24) is 10.3 Å². The minimum absolute atomic E-state index is 0.264. The Morgan fingerprint density at radius 1 is 1.12 bits per heavy atom. The highest BCUT2D eigenvalue weighted by Gasteiger charge is 2.21. The molecule has 0 spiro atoms. The van der Waals surface area contributed by atoms with Crippen molar-refractivity contribution in [3.8, 4) is 0 Å². The Hall–Kier alpha value is -2.92. The number of para-hydroxylation sites is 1. The largest absolute Gasteiger partial charge is 0.368 e. The lowest BCUT2D eigenvalue weighted by molar-refractivity contribution is -0.119. The molecule has 0 unspecified atom stereocenters. The molecule has 1 aromatic heterocycles. The van der Waals surface area contributed by atoms with Crippen LogP contribution in [0.5, 0.6) is 0 Å². The predicted molar refractivity (Wildman–Crippen MR) is 97.3 cm³/mol. The summed E-state index contributed by atoms with van der Waals surface area (Å²) in [5.74, 6) is -1.00. The zero-order valence-corrected chi connectivity index (χ0v) is 14.0. The van der Waals surface area contributed by atoms with Crippen molar-refractivity contribution >= 4 is 34.3 Å². The molecule has 0 radical (unpaired) electrons. The summed E-state index contributed by atoms with van der Waals surface area (Å²) in [6.07, 6.45) is 1.89. The third-order valence-electron chi connectivity index (χ3n) is 3.85. The summed E-state index contributed by atoms with van der Waals surface area (Å²) in [5, 5.41) is 4.10. The van der Waals surface area contributed by atoms with Crippen LogP contribution < -0.4 is 11.1 Å². The number of halogens is 1. The summed E-state index contributed by atoms with van der Waals surface area (Å²) in [5.41, 5.74) is 7.25. The van der Waals surface area contributed by atoms with Crippen molar-refractivity contribution < 1.29 is 9.59 Å². The molecule has 3 N–H and O–H groups in total. The average Bonchev–Trinajstić information content (AvgIpc) is 2.60. The van der Waals surface area contributed by atoms with E-state index in [9.17, 15) is 9.59 Å². The monoisotopic (exact) mass is 353 g/mol. The number of hydrogen-bond acceptors (Lipinski definition) is 3. The van der Waals surface area contributed by atoms with E-state index in [0.29, 0.717) is 16.1 Å². The number of aromatic nitrogens is 1. The van der Waals surface area contributed by atoms with Crippen molar-refractivity contribution in [1.29, 1.82) is 0 Å². The molecule has 5 nitrogen and oxygen atoms in total. The molecule has 0 aliphatic heterocycles. The number of rotatable bonds is 5. The third-order valence-corrected chi connectivity index (χ3v) is 4.09. The molecule has 6 heteroatoms. The van der Waals surface area contributed by atoms with Crippen LogP contribution in [0.2, 0.25) is 5.02 Å². The topological polar surface area (TPSA) is 85.1 Å². The number of carbonyl (C=O) groups excluding carboxylic acids is 2. The van der Waals surface area contributed by atoms with E-state index in [1.165, 1.54) is 0 Å². The van der Waals surface area contributed by atoms with Crippen molar-refractivity contribution in [2.45, 2.75) is 12.5 Å². The Bertz CT molecular complexity index is 937. The number of benzene rings is 2. The molecule has 0 saturated carbocycles. The van der Waals surface area contributed by atoms with E-state index < -0.39 is 17.9 Å². The lowest BCUT2D eigenvalue weighted by Gasteiger charge is -2.16. The summed E-state index contributed by atoms with van der Waals surface area (Å²) in [6, 6.07) is 15.2. The number of hydrogen-bond donors (Lipinski definition) is 2. The molecule has 0 saturated heterocycles. The van der Waals surface area contributed by atoms with Gasteiger partial charge in [-0.25, -0.2) is 0 Å². The van der Waals surface area contributed by atoms with Crippen LogP contribution in [-0.4, -0.2) is 22.8 Å². The number of nitrogens with one attached hydrogen (secondary N) is 1. The summed E-state index contributed by atoms with van der Waals surface area (Å²) < 4.78 is 0. The quantitative estimate of drug-likeness (QED) is 0.739.